The molecule has 3 aromatic carbocycles. The van der Waals surface area contributed by atoms with Crippen molar-refractivity contribution < 1.29 is 14.9 Å². The maximum atomic E-state index is 14.1. The van der Waals surface area contributed by atoms with E-state index in [1.807, 2.05) is 56.4 Å². The highest BCUT2D eigenvalue weighted by atomic mass is 32.1. The lowest BCUT2D eigenvalue weighted by Crippen LogP contribution is -2.33. The first kappa shape index (κ1) is 36.7. The number of hydrogen-bond acceptors (Lipinski definition) is 9. The van der Waals surface area contributed by atoms with Gasteiger partial charge in [0.1, 0.15) is 5.75 Å². The van der Waals surface area contributed by atoms with Crippen molar-refractivity contribution >= 4 is 24.4 Å². The second kappa shape index (κ2) is 15.4. The van der Waals surface area contributed by atoms with Crippen LogP contribution in [0.1, 0.15) is 70.2 Å². The fourth-order valence-electron chi connectivity index (χ4n) is 7.39. The average molecular weight is 761 g/mol. The van der Waals surface area contributed by atoms with E-state index in [9.17, 15) is 19.8 Å². The third kappa shape index (κ3) is 7.05. The maximum absolute atomic E-state index is 14.1. The first-order valence-electron chi connectivity index (χ1n) is 17.7. The van der Waals surface area contributed by atoms with Crippen molar-refractivity contribution in [3.05, 3.63) is 160 Å². The van der Waals surface area contributed by atoms with Gasteiger partial charge in [-0.3, -0.25) is 38.6 Å². The van der Waals surface area contributed by atoms with Crippen molar-refractivity contribution in [2.24, 2.45) is 0 Å². The van der Waals surface area contributed by atoms with Crippen molar-refractivity contribution in [2.45, 2.75) is 51.6 Å². The summed E-state index contributed by atoms with van der Waals surface area (Å²) in [5, 5.41) is 24.3. The van der Waals surface area contributed by atoms with E-state index < -0.39 is 28.8 Å². The SMILES string of the molecule is COc1ccc(C(c2c(O)n(-c3ccc(C)cc3)c(=S)[nH]c2=O)c2c(O)n(-c3ccc(C)cc3)c(=S)[nH]c2=O)cc1CN1CCCC[C@H]1c1cccnc1. The Kier molecular flexibility index (Phi) is 10.5. The van der Waals surface area contributed by atoms with E-state index in [2.05, 4.69) is 25.9 Å². The maximum Gasteiger partial charge on any atom is 0.259 e. The van der Waals surface area contributed by atoms with E-state index in [1.54, 1.807) is 49.7 Å². The summed E-state index contributed by atoms with van der Waals surface area (Å²) in [6.45, 7) is 5.19. The molecule has 0 bridgehead atoms. The Hall–Kier alpha value is -5.63. The molecule has 4 N–H and O–H groups in total. The minimum Gasteiger partial charge on any atom is -0.496 e. The molecule has 0 radical (unpaired) electrons. The summed E-state index contributed by atoms with van der Waals surface area (Å²) < 4.78 is 8.47. The quantitative estimate of drug-likeness (QED) is 0.111. The zero-order valence-corrected chi connectivity index (χ0v) is 31.7. The normalized spacial score (nSPS) is 14.7. The number of rotatable bonds is 9. The monoisotopic (exact) mass is 760 g/mol. The van der Waals surface area contributed by atoms with Gasteiger partial charge in [0.2, 0.25) is 11.8 Å². The van der Waals surface area contributed by atoms with E-state index >= 15 is 0 Å². The summed E-state index contributed by atoms with van der Waals surface area (Å²) in [6.07, 6.45) is 6.72. The van der Waals surface area contributed by atoms with Crippen LogP contribution in [0, 0.1) is 23.4 Å². The summed E-state index contributed by atoms with van der Waals surface area (Å²) in [5.74, 6) is -1.66. The first-order valence-corrected chi connectivity index (χ1v) is 18.5. The number of nitrogens with one attached hydrogen (secondary N) is 2. The Labute approximate surface area is 321 Å². The lowest BCUT2D eigenvalue weighted by molar-refractivity contribution is 0.139. The number of ether oxygens (including phenoxy) is 1. The number of pyridine rings is 1. The highest BCUT2D eigenvalue weighted by Gasteiger charge is 2.33. The molecule has 0 saturated carbocycles. The fourth-order valence-corrected chi connectivity index (χ4v) is 7.96. The van der Waals surface area contributed by atoms with E-state index in [-0.39, 0.29) is 26.7 Å². The molecule has 1 aliphatic rings. The van der Waals surface area contributed by atoms with E-state index in [0.717, 1.165) is 48.1 Å². The Bertz CT molecular complexity index is 2440. The van der Waals surface area contributed by atoms with Gasteiger partial charge in [0.05, 0.1) is 35.5 Å². The highest BCUT2D eigenvalue weighted by Crippen LogP contribution is 2.41. The Morgan fingerprint density at radius 3 is 1.93 bits per heavy atom. The number of hydrogen-bond donors (Lipinski definition) is 4. The minimum absolute atomic E-state index is 0.0421. The van der Waals surface area contributed by atoms with Crippen molar-refractivity contribution in [3.63, 3.8) is 0 Å². The van der Waals surface area contributed by atoms with E-state index in [0.29, 0.717) is 29.2 Å². The number of nitrogens with zero attached hydrogens (tertiary/aromatic N) is 4. The number of H-pyrrole nitrogens is 2. The van der Waals surface area contributed by atoms with Gasteiger partial charge in [-0.1, -0.05) is 53.9 Å². The molecule has 276 valence electrons. The van der Waals surface area contributed by atoms with Crippen molar-refractivity contribution in [3.8, 4) is 28.9 Å². The second-order valence-electron chi connectivity index (χ2n) is 13.6. The molecule has 3 aromatic heterocycles. The van der Waals surface area contributed by atoms with Crippen LogP contribution in [-0.4, -0.2) is 52.9 Å². The molecule has 1 saturated heterocycles. The zero-order chi connectivity index (χ0) is 38.1. The molecule has 4 heterocycles. The standard InChI is InChI=1S/C41H40N6O5S2/c1-24-9-14-29(15-10-24)46-38(50)34(36(48)43-40(46)53)33(35-37(49)44-41(54)47(39(35)51)30-16-11-25(2)12-17-30)26-13-18-32(52-3)28(21-26)23-45-20-5-4-8-31(45)27-7-6-19-42-22-27/h6-7,9-19,21-22,31,33,50-51H,4-5,8,20,23H2,1-3H3,(H,43,48,53)(H,44,49,54)/t31-/m0/s1. The Morgan fingerprint density at radius 2 is 1.41 bits per heavy atom. The molecule has 1 aliphatic heterocycles. The third-order valence-electron chi connectivity index (χ3n) is 10.1. The number of aromatic amines is 2. The van der Waals surface area contributed by atoms with Crippen molar-refractivity contribution in [1.29, 1.82) is 0 Å². The van der Waals surface area contributed by atoms with Gasteiger partial charge >= 0.3 is 0 Å². The van der Waals surface area contributed by atoms with Crippen molar-refractivity contribution in [2.75, 3.05) is 13.7 Å². The summed E-state index contributed by atoms with van der Waals surface area (Å²) in [4.78, 5) is 40.4. The summed E-state index contributed by atoms with van der Waals surface area (Å²) in [6, 6.07) is 24.0. The van der Waals surface area contributed by atoms with Crippen LogP contribution in [0.25, 0.3) is 11.4 Å². The molecular formula is C41H40N6O5S2. The lowest BCUT2D eigenvalue weighted by Gasteiger charge is -2.36. The number of likely N-dealkylation sites (tertiary alicyclic amines) is 1. The van der Waals surface area contributed by atoms with Gasteiger partial charge in [0.15, 0.2) is 9.54 Å². The number of methoxy groups -OCH3 is 1. The molecule has 7 rings (SSSR count). The molecule has 0 amide bonds. The number of aromatic hydroxyl groups is 2. The van der Waals surface area contributed by atoms with Crippen LogP contribution < -0.4 is 15.9 Å². The Morgan fingerprint density at radius 1 is 0.833 bits per heavy atom. The summed E-state index contributed by atoms with van der Waals surface area (Å²) >= 11 is 11.1. The van der Waals surface area contributed by atoms with Gasteiger partial charge in [-0.15, -0.1) is 0 Å². The highest BCUT2D eigenvalue weighted by molar-refractivity contribution is 7.71. The van der Waals surface area contributed by atoms with Gasteiger partial charge in [0, 0.05) is 30.5 Å². The predicted molar refractivity (Wildman–Crippen MR) is 212 cm³/mol. The molecule has 54 heavy (non-hydrogen) atoms. The summed E-state index contributed by atoms with van der Waals surface area (Å²) in [5.41, 5.74) is 3.48. The van der Waals surface area contributed by atoms with Crippen LogP contribution in [0.15, 0.2) is 101 Å². The smallest absolute Gasteiger partial charge is 0.259 e. The number of piperidine rings is 1. The van der Waals surface area contributed by atoms with Crippen LogP contribution in [0.2, 0.25) is 0 Å². The molecule has 0 spiro atoms. The molecular weight excluding hydrogens is 721 g/mol. The molecule has 11 nitrogen and oxygen atoms in total. The van der Waals surface area contributed by atoms with Gasteiger partial charge in [-0.05, 0) is 111 Å². The number of aryl methyl sites for hydroxylation is 2. The summed E-state index contributed by atoms with van der Waals surface area (Å²) in [7, 11) is 1.59. The fraction of sp³-hybridized carbons (Fsp3) is 0.244. The van der Waals surface area contributed by atoms with Crippen LogP contribution in [-0.2, 0) is 6.54 Å². The van der Waals surface area contributed by atoms with Gasteiger partial charge < -0.3 is 14.9 Å². The average Bonchev–Trinajstić information content (AvgIpc) is 3.16. The van der Waals surface area contributed by atoms with Crippen LogP contribution in [0.5, 0.6) is 17.5 Å². The largest absolute Gasteiger partial charge is 0.496 e. The first-order chi connectivity index (χ1) is 26.0. The lowest BCUT2D eigenvalue weighted by atomic mass is 9.85. The van der Waals surface area contributed by atoms with Gasteiger partial charge in [0.25, 0.3) is 11.1 Å². The van der Waals surface area contributed by atoms with E-state index in [4.69, 9.17) is 29.2 Å². The topological polar surface area (TPSA) is 141 Å². The third-order valence-corrected chi connectivity index (χ3v) is 10.7. The van der Waals surface area contributed by atoms with Crippen LogP contribution in [0.4, 0.5) is 0 Å². The Balaban J connectivity index is 1.47. The molecule has 6 aromatic rings. The molecule has 0 aliphatic carbocycles. The van der Waals surface area contributed by atoms with Gasteiger partial charge in [-0.2, -0.15) is 0 Å². The van der Waals surface area contributed by atoms with Gasteiger partial charge in [-0.25, -0.2) is 0 Å². The van der Waals surface area contributed by atoms with E-state index in [1.165, 1.54) is 9.13 Å². The molecule has 0 unspecified atom stereocenters. The van der Waals surface area contributed by atoms with Crippen LogP contribution >= 0.6 is 24.4 Å². The van der Waals surface area contributed by atoms with Crippen molar-refractivity contribution in [1.82, 2.24) is 29.0 Å². The number of aromatic nitrogens is 5. The van der Waals surface area contributed by atoms with Crippen LogP contribution in [0.3, 0.4) is 0 Å². The zero-order valence-electron chi connectivity index (χ0n) is 30.1. The minimum atomic E-state index is -1.31. The number of benzene rings is 3. The molecule has 13 heteroatoms. The molecule has 1 fully saturated rings. The molecule has 1 atom stereocenters. The predicted octanol–water partition coefficient (Wildman–Crippen LogP) is 7.44. The second-order valence-corrected chi connectivity index (χ2v) is 14.4.